The zero-order valence-corrected chi connectivity index (χ0v) is 10.7. The van der Waals surface area contributed by atoms with Crippen molar-refractivity contribution in [2.75, 3.05) is 29.1 Å². The lowest BCUT2D eigenvalue weighted by Crippen LogP contribution is -2.10. The fourth-order valence-electron chi connectivity index (χ4n) is 1.09. The number of nitrogens with one attached hydrogen (secondary N) is 1. The molecule has 0 atom stereocenters. The van der Waals surface area contributed by atoms with Crippen LogP contribution >= 0.6 is 23.4 Å². The number of hydrogen-bond donors (Lipinski definition) is 2. The summed E-state index contributed by atoms with van der Waals surface area (Å²) in [6.07, 6.45) is 1.88. The molecular weight excluding hydrogens is 244 g/mol. The van der Waals surface area contributed by atoms with E-state index in [0.717, 1.165) is 18.1 Å². The topological polar surface area (TPSA) is 63.8 Å². The number of anilines is 2. The summed E-state index contributed by atoms with van der Waals surface area (Å²) >= 11 is 7.54. The first kappa shape index (κ1) is 13.1. The van der Waals surface area contributed by atoms with E-state index < -0.39 is 0 Å². The molecule has 0 saturated heterocycles. The van der Waals surface area contributed by atoms with Gasteiger partial charge < -0.3 is 11.1 Å². The number of aryl methyl sites for hydroxylation is 1. The minimum atomic E-state index is 0.216. The third-order valence-corrected chi connectivity index (χ3v) is 3.02. The zero-order valence-electron chi connectivity index (χ0n) is 9.16. The van der Waals surface area contributed by atoms with Crippen LogP contribution in [0.4, 0.5) is 11.5 Å². The molecule has 0 aliphatic carbocycles. The first-order valence-electron chi connectivity index (χ1n) is 4.87. The van der Waals surface area contributed by atoms with Crippen LogP contribution in [0.5, 0.6) is 0 Å². The molecule has 0 unspecified atom stereocenters. The summed E-state index contributed by atoms with van der Waals surface area (Å²) in [7, 11) is 0. The maximum Gasteiger partial charge on any atom is 0.224 e. The highest BCUT2D eigenvalue weighted by Gasteiger charge is 2.06. The standard InChI is InChI=1S/C10H15ClN4S/c1-3-5-16-6-4-13-9-8(12)7(2)14-10(11)15-9/h3H,1,4-6,12H2,2H3,(H,13,14,15). The van der Waals surface area contributed by atoms with Crippen molar-refractivity contribution in [1.29, 1.82) is 0 Å². The molecule has 1 aromatic rings. The number of thioether (sulfide) groups is 1. The number of nitrogen functional groups attached to an aromatic ring is 1. The number of rotatable bonds is 6. The number of aromatic nitrogens is 2. The van der Waals surface area contributed by atoms with Gasteiger partial charge in [0.15, 0.2) is 5.82 Å². The first-order valence-corrected chi connectivity index (χ1v) is 6.40. The summed E-state index contributed by atoms with van der Waals surface area (Å²) in [5.41, 5.74) is 7.07. The maximum absolute atomic E-state index is 5.82. The van der Waals surface area contributed by atoms with E-state index >= 15 is 0 Å². The number of nitrogens with two attached hydrogens (primary N) is 1. The van der Waals surface area contributed by atoms with Crippen LogP contribution in [0.2, 0.25) is 5.28 Å². The number of halogens is 1. The highest BCUT2D eigenvalue weighted by Crippen LogP contribution is 2.20. The van der Waals surface area contributed by atoms with E-state index in [9.17, 15) is 0 Å². The van der Waals surface area contributed by atoms with E-state index in [1.807, 2.05) is 6.08 Å². The second kappa shape index (κ2) is 6.60. The van der Waals surface area contributed by atoms with Crippen LogP contribution in [-0.2, 0) is 0 Å². The zero-order chi connectivity index (χ0) is 12.0. The van der Waals surface area contributed by atoms with Crippen LogP contribution in [0, 0.1) is 6.92 Å². The van der Waals surface area contributed by atoms with Gasteiger partial charge >= 0.3 is 0 Å². The summed E-state index contributed by atoms with van der Waals surface area (Å²) in [6.45, 7) is 6.25. The van der Waals surface area contributed by atoms with Crippen LogP contribution in [0.1, 0.15) is 5.69 Å². The molecule has 0 aliphatic rings. The number of nitrogens with zero attached hydrogens (tertiary/aromatic N) is 2. The monoisotopic (exact) mass is 258 g/mol. The van der Waals surface area contributed by atoms with E-state index in [2.05, 4.69) is 21.9 Å². The second-order valence-corrected chi connectivity index (χ2v) is 4.62. The third kappa shape index (κ3) is 3.90. The van der Waals surface area contributed by atoms with E-state index in [0.29, 0.717) is 17.2 Å². The molecule has 0 bridgehead atoms. The van der Waals surface area contributed by atoms with Gasteiger partial charge in [0, 0.05) is 18.1 Å². The molecule has 0 saturated carbocycles. The Bertz CT molecular complexity index is 370. The van der Waals surface area contributed by atoms with E-state index in [-0.39, 0.29) is 5.28 Å². The van der Waals surface area contributed by atoms with Crippen molar-refractivity contribution >= 4 is 34.9 Å². The van der Waals surface area contributed by atoms with Gasteiger partial charge in [0.25, 0.3) is 0 Å². The average Bonchev–Trinajstić information content (AvgIpc) is 2.24. The third-order valence-electron chi connectivity index (χ3n) is 1.88. The maximum atomic E-state index is 5.82. The van der Waals surface area contributed by atoms with Gasteiger partial charge in [-0.25, -0.2) is 4.98 Å². The Labute approximate surface area is 105 Å². The molecule has 0 aromatic carbocycles. The smallest absolute Gasteiger partial charge is 0.224 e. The van der Waals surface area contributed by atoms with Crippen LogP contribution in [-0.4, -0.2) is 28.0 Å². The van der Waals surface area contributed by atoms with Crippen molar-refractivity contribution in [2.45, 2.75) is 6.92 Å². The largest absolute Gasteiger partial charge is 0.394 e. The van der Waals surface area contributed by atoms with Gasteiger partial charge in [0.2, 0.25) is 5.28 Å². The molecule has 1 heterocycles. The summed E-state index contributed by atoms with van der Waals surface area (Å²) in [6, 6.07) is 0. The molecule has 0 spiro atoms. The molecular formula is C10H15ClN4S. The Kier molecular flexibility index (Phi) is 5.42. The van der Waals surface area contributed by atoms with Gasteiger partial charge in [0.1, 0.15) is 0 Å². The second-order valence-electron chi connectivity index (χ2n) is 3.13. The summed E-state index contributed by atoms with van der Waals surface area (Å²) in [5.74, 6) is 2.52. The Morgan fingerprint density at radius 1 is 1.56 bits per heavy atom. The quantitative estimate of drug-likeness (QED) is 0.466. The van der Waals surface area contributed by atoms with Crippen molar-refractivity contribution in [1.82, 2.24) is 9.97 Å². The van der Waals surface area contributed by atoms with E-state index in [1.165, 1.54) is 0 Å². The molecule has 16 heavy (non-hydrogen) atoms. The molecule has 88 valence electrons. The van der Waals surface area contributed by atoms with E-state index in [1.54, 1.807) is 18.7 Å². The Hall–Kier alpha value is -0.940. The molecule has 4 nitrogen and oxygen atoms in total. The summed E-state index contributed by atoms with van der Waals surface area (Å²) < 4.78 is 0. The van der Waals surface area contributed by atoms with Crippen molar-refractivity contribution in [3.63, 3.8) is 0 Å². The molecule has 6 heteroatoms. The van der Waals surface area contributed by atoms with Crippen LogP contribution in [0.3, 0.4) is 0 Å². The fourth-order valence-corrected chi connectivity index (χ4v) is 1.88. The fraction of sp³-hybridized carbons (Fsp3) is 0.400. The minimum Gasteiger partial charge on any atom is -0.394 e. The van der Waals surface area contributed by atoms with Gasteiger partial charge in [0.05, 0.1) is 11.4 Å². The lowest BCUT2D eigenvalue weighted by Gasteiger charge is -2.09. The van der Waals surface area contributed by atoms with Gasteiger partial charge in [-0.15, -0.1) is 6.58 Å². The number of hydrogen-bond acceptors (Lipinski definition) is 5. The predicted molar refractivity (Wildman–Crippen MR) is 72.2 cm³/mol. The molecule has 1 aromatic heterocycles. The van der Waals surface area contributed by atoms with Crippen LogP contribution in [0.25, 0.3) is 0 Å². The lowest BCUT2D eigenvalue weighted by molar-refractivity contribution is 1.08. The minimum absolute atomic E-state index is 0.216. The average molecular weight is 259 g/mol. The van der Waals surface area contributed by atoms with Crippen LogP contribution < -0.4 is 11.1 Å². The normalized spacial score (nSPS) is 10.1. The van der Waals surface area contributed by atoms with Gasteiger partial charge in [-0.1, -0.05) is 6.08 Å². The highest BCUT2D eigenvalue weighted by molar-refractivity contribution is 7.99. The van der Waals surface area contributed by atoms with Gasteiger partial charge in [-0.3, -0.25) is 0 Å². The molecule has 3 N–H and O–H groups in total. The van der Waals surface area contributed by atoms with Gasteiger partial charge in [-0.05, 0) is 18.5 Å². The molecule has 1 rings (SSSR count). The summed E-state index contributed by atoms with van der Waals surface area (Å²) in [5, 5.41) is 3.35. The molecule has 0 radical (unpaired) electrons. The van der Waals surface area contributed by atoms with Crippen molar-refractivity contribution in [3.8, 4) is 0 Å². The summed E-state index contributed by atoms with van der Waals surface area (Å²) in [4.78, 5) is 8.00. The Morgan fingerprint density at radius 2 is 2.31 bits per heavy atom. The van der Waals surface area contributed by atoms with Gasteiger partial charge in [-0.2, -0.15) is 16.7 Å². The molecule has 0 amide bonds. The molecule has 0 aliphatic heterocycles. The molecule has 0 fully saturated rings. The SMILES string of the molecule is C=CCSCCNc1nc(Cl)nc(C)c1N. The first-order chi connectivity index (χ1) is 7.65. The van der Waals surface area contributed by atoms with Crippen molar-refractivity contribution < 1.29 is 0 Å². The van der Waals surface area contributed by atoms with Crippen LogP contribution in [0.15, 0.2) is 12.7 Å². The Morgan fingerprint density at radius 3 is 3.00 bits per heavy atom. The predicted octanol–water partition coefficient (Wildman–Crippen LogP) is 2.35. The lowest BCUT2D eigenvalue weighted by atomic mass is 10.3. The van der Waals surface area contributed by atoms with Crippen molar-refractivity contribution in [3.05, 3.63) is 23.6 Å². The van der Waals surface area contributed by atoms with Crippen molar-refractivity contribution in [2.24, 2.45) is 0 Å². The highest BCUT2D eigenvalue weighted by atomic mass is 35.5. The van der Waals surface area contributed by atoms with E-state index in [4.69, 9.17) is 17.3 Å². The Balaban J connectivity index is 2.50.